The van der Waals surface area contributed by atoms with E-state index in [9.17, 15) is 9.90 Å². The Balaban J connectivity index is 2.17. The lowest BCUT2D eigenvalue weighted by Gasteiger charge is -2.39. The van der Waals surface area contributed by atoms with Crippen molar-refractivity contribution in [1.82, 2.24) is 4.98 Å². The molecule has 0 amide bonds. The average molecular weight is 262 g/mol. The minimum absolute atomic E-state index is 0.287. The van der Waals surface area contributed by atoms with Crippen LogP contribution in [0.15, 0.2) is 18.5 Å². The highest BCUT2D eigenvalue weighted by Gasteiger charge is 2.30. The van der Waals surface area contributed by atoms with Gasteiger partial charge in [0, 0.05) is 25.5 Å². The minimum Gasteiger partial charge on any atom is -0.478 e. The van der Waals surface area contributed by atoms with Crippen molar-refractivity contribution < 1.29 is 9.90 Å². The minimum atomic E-state index is -0.911. The topological polar surface area (TPSA) is 53.4 Å². The first-order valence-electron chi connectivity index (χ1n) is 6.81. The molecule has 0 saturated heterocycles. The first-order chi connectivity index (χ1) is 8.91. The summed E-state index contributed by atoms with van der Waals surface area (Å²) >= 11 is 0. The first-order valence-corrected chi connectivity index (χ1v) is 6.81. The van der Waals surface area contributed by atoms with Crippen LogP contribution in [0.1, 0.15) is 49.9 Å². The molecule has 0 aliphatic heterocycles. The fraction of sp³-hybridized carbons (Fsp3) is 0.600. The summed E-state index contributed by atoms with van der Waals surface area (Å²) in [6.07, 6.45) is 7.70. The average Bonchev–Trinajstić information content (AvgIpc) is 2.38. The maximum atomic E-state index is 11.2. The molecule has 0 atom stereocenters. The molecule has 1 aromatic rings. The fourth-order valence-electron chi connectivity index (χ4n) is 2.83. The van der Waals surface area contributed by atoms with Crippen LogP contribution in [-0.2, 0) is 0 Å². The number of aromatic nitrogens is 1. The van der Waals surface area contributed by atoms with Crippen molar-refractivity contribution in [3.63, 3.8) is 0 Å². The van der Waals surface area contributed by atoms with Crippen LogP contribution in [0.2, 0.25) is 0 Å². The largest absolute Gasteiger partial charge is 0.478 e. The van der Waals surface area contributed by atoms with Gasteiger partial charge in [-0.2, -0.15) is 0 Å². The lowest BCUT2D eigenvalue weighted by Crippen LogP contribution is -2.38. The summed E-state index contributed by atoms with van der Waals surface area (Å²) < 4.78 is 0. The number of hydrogen-bond acceptors (Lipinski definition) is 3. The molecule has 1 aliphatic rings. The van der Waals surface area contributed by atoms with Crippen molar-refractivity contribution in [2.24, 2.45) is 5.41 Å². The number of pyridine rings is 1. The van der Waals surface area contributed by atoms with Crippen molar-refractivity contribution in [2.75, 3.05) is 11.9 Å². The van der Waals surface area contributed by atoms with Gasteiger partial charge in [-0.15, -0.1) is 0 Å². The molecule has 1 heterocycles. The van der Waals surface area contributed by atoms with Gasteiger partial charge in [-0.05, 0) is 37.2 Å². The summed E-state index contributed by atoms with van der Waals surface area (Å²) in [4.78, 5) is 17.3. The summed E-state index contributed by atoms with van der Waals surface area (Å²) in [7, 11) is 1.99. The molecule has 1 fully saturated rings. The smallest absolute Gasteiger partial charge is 0.339 e. The molecule has 2 rings (SSSR count). The summed E-state index contributed by atoms with van der Waals surface area (Å²) in [5.41, 5.74) is 1.48. The Hall–Kier alpha value is -1.58. The summed E-state index contributed by atoms with van der Waals surface area (Å²) in [6, 6.07) is 2.22. The van der Waals surface area contributed by atoms with Gasteiger partial charge < -0.3 is 10.0 Å². The monoisotopic (exact) mass is 262 g/mol. The third-order valence-electron chi connectivity index (χ3n) is 4.26. The predicted octanol–water partition coefficient (Wildman–Crippen LogP) is 3.18. The van der Waals surface area contributed by atoms with Gasteiger partial charge in [0.2, 0.25) is 0 Å². The number of rotatable bonds is 3. The second-order valence-electron chi connectivity index (χ2n) is 6.20. The molecule has 0 aromatic carbocycles. The highest BCUT2D eigenvalue weighted by molar-refractivity contribution is 5.94. The van der Waals surface area contributed by atoms with Gasteiger partial charge in [0.25, 0.3) is 0 Å². The van der Waals surface area contributed by atoms with E-state index >= 15 is 0 Å². The Labute approximate surface area is 114 Å². The van der Waals surface area contributed by atoms with Crippen molar-refractivity contribution in [2.45, 2.75) is 45.6 Å². The molecule has 19 heavy (non-hydrogen) atoms. The lowest BCUT2D eigenvalue weighted by atomic mass is 9.75. The van der Waals surface area contributed by atoms with Gasteiger partial charge >= 0.3 is 5.97 Å². The molecule has 4 heteroatoms. The van der Waals surface area contributed by atoms with E-state index in [-0.39, 0.29) is 5.56 Å². The molecule has 0 bridgehead atoms. The van der Waals surface area contributed by atoms with Crippen LogP contribution < -0.4 is 4.90 Å². The number of carboxylic acid groups (broad SMARTS) is 1. The van der Waals surface area contributed by atoms with Crippen molar-refractivity contribution in [3.8, 4) is 0 Å². The molecule has 1 saturated carbocycles. The SMILES string of the molecule is CN(c1ccncc1C(=O)O)C1CCC(C)(C)CC1. The Morgan fingerprint density at radius 1 is 1.42 bits per heavy atom. The molecule has 1 aromatic heterocycles. The Bertz CT molecular complexity index is 461. The van der Waals surface area contributed by atoms with E-state index in [1.165, 1.54) is 19.0 Å². The van der Waals surface area contributed by atoms with Crippen molar-refractivity contribution in [3.05, 3.63) is 24.0 Å². The quantitative estimate of drug-likeness (QED) is 0.909. The summed E-state index contributed by atoms with van der Waals surface area (Å²) in [5, 5.41) is 9.23. The summed E-state index contributed by atoms with van der Waals surface area (Å²) in [5.74, 6) is -0.911. The molecule has 1 N–H and O–H groups in total. The standard InChI is InChI=1S/C15H22N2O2/c1-15(2)7-4-11(5-8-15)17(3)13-6-9-16-10-12(13)14(18)19/h6,9-11H,4-5,7-8H2,1-3H3,(H,18,19). The van der Waals surface area contributed by atoms with Crippen LogP contribution in [0.3, 0.4) is 0 Å². The molecule has 104 valence electrons. The molecular weight excluding hydrogens is 240 g/mol. The second kappa shape index (κ2) is 5.19. The van der Waals surface area contributed by atoms with E-state index in [0.717, 1.165) is 18.5 Å². The van der Waals surface area contributed by atoms with Crippen LogP contribution >= 0.6 is 0 Å². The zero-order chi connectivity index (χ0) is 14.0. The maximum absolute atomic E-state index is 11.2. The van der Waals surface area contributed by atoms with E-state index in [4.69, 9.17) is 0 Å². The Morgan fingerprint density at radius 2 is 2.05 bits per heavy atom. The maximum Gasteiger partial charge on any atom is 0.339 e. The van der Waals surface area contributed by atoms with E-state index in [1.54, 1.807) is 12.3 Å². The number of aromatic carboxylic acids is 1. The molecular formula is C15H22N2O2. The number of nitrogens with zero attached hydrogens (tertiary/aromatic N) is 2. The normalized spacial score (nSPS) is 19.1. The van der Waals surface area contributed by atoms with Crippen molar-refractivity contribution in [1.29, 1.82) is 0 Å². The molecule has 0 radical (unpaired) electrons. The molecule has 0 spiro atoms. The number of anilines is 1. The van der Waals surface area contributed by atoms with Gasteiger partial charge in [0.15, 0.2) is 0 Å². The van der Waals surface area contributed by atoms with Crippen molar-refractivity contribution >= 4 is 11.7 Å². The van der Waals surface area contributed by atoms with Crippen LogP contribution in [0, 0.1) is 5.41 Å². The second-order valence-corrected chi connectivity index (χ2v) is 6.20. The lowest BCUT2D eigenvalue weighted by molar-refractivity contribution is 0.0697. The van der Waals surface area contributed by atoms with E-state index in [1.807, 2.05) is 7.05 Å². The Morgan fingerprint density at radius 3 is 2.63 bits per heavy atom. The van der Waals surface area contributed by atoms with Gasteiger partial charge in [-0.25, -0.2) is 4.79 Å². The number of carbonyl (C=O) groups is 1. The number of hydrogen-bond donors (Lipinski definition) is 1. The van der Waals surface area contributed by atoms with Gasteiger partial charge in [0.05, 0.1) is 5.69 Å². The first kappa shape index (κ1) is 13.8. The molecule has 1 aliphatic carbocycles. The zero-order valence-electron chi connectivity index (χ0n) is 11.9. The Kier molecular flexibility index (Phi) is 3.78. The summed E-state index contributed by atoms with van der Waals surface area (Å²) in [6.45, 7) is 4.61. The third kappa shape index (κ3) is 3.06. The van der Waals surface area contributed by atoms with Crippen LogP contribution in [0.5, 0.6) is 0 Å². The third-order valence-corrected chi connectivity index (χ3v) is 4.26. The zero-order valence-corrected chi connectivity index (χ0v) is 11.9. The highest BCUT2D eigenvalue weighted by Crippen LogP contribution is 2.38. The van der Waals surface area contributed by atoms with E-state index in [2.05, 4.69) is 23.7 Å². The highest BCUT2D eigenvalue weighted by atomic mass is 16.4. The van der Waals surface area contributed by atoms with Crippen LogP contribution in [-0.4, -0.2) is 29.1 Å². The predicted molar refractivity (Wildman–Crippen MR) is 75.6 cm³/mol. The van der Waals surface area contributed by atoms with Gasteiger partial charge in [-0.3, -0.25) is 4.98 Å². The van der Waals surface area contributed by atoms with Crippen LogP contribution in [0.25, 0.3) is 0 Å². The number of carboxylic acids is 1. The van der Waals surface area contributed by atoms with Gasteiger partial charge in [0.1, 0.15) is 5.56 Å². The van der Waals surface area contributed by atoms with Crippen LogP contribution in [0.4, 0.5) is 5.69 Å². The molecule has 0 unspecified atom stereocenters. The van der Waals surface area contributed by atoms with E-state index < -0.39 is 5.97 Å². The molecule has 4 nitrogen and oxygen atoms in total. The fourth-order valence-corrected chi connectivity index (χ4v) is 2.83. The van der Waals surface area contributed by atoms with E-state index in [0.29, 0.717) is 11.5 Å². The van der Waals surface area contributed by atoms with Gasteiger partial charge in [-0.1, -0.05) is 13.8 Å².